The fourth-order valence-electron chi connectivity index (χ4n) is 1.75. The smallest absolute Gasteiger partial charge is 0.241 e. The summed E-state index contributed by atoms with van der Waals surface area (Å²) in [4.78, 5) is 8.24. The van der Waals surface area contributed by atoms with Gasteiger partial charge in [-0.25, -0.2) is 4.98 Å². The quantitative estimate of drug-likeness (QED) is 0.894. The van der Waals surface area contributed by atoms with Crippen LogP contribution in [0.1, 0.15) is 17.4 Å². The van der Waals surface area contributed by atoms with Crippen LogP contribution in [0.5, 0.6) is 17.5 Å². The number of nitrogens with zero attached hydrogens (tertiary/aromatic N) is 2. The maximum absolute atomic E-state index is 10.4. The summed E-state index contributed by atoms with van der Waals surface area (Å²) >= 11 is 0. The second-order valence-corrected chi connectivity index (χ2v) is 3.98. The molecule has 1 heterocycles. The van der Waals surface area contributed by atoms with Gasteiger partial charge in [0.05, 0.1) is 27.5 Å². The van der Waals surface area contributed by atoms with Gasteiger partial charge in [0.25, 0.3) is 0 Å². The number of aliphatic hydroxyl groups excluding tert-OH is 1. The van der Waals surface area contributed by atoms with Crippen LogP contribution in [0.15, 0.2) is 30.5 Å². The van der Waals surface area contributed by atoms with Gasteiger partial charge in [0.2, 0.25) is 11.8 Å². The zero-order chi connectivity index (χ0) is 14.5. The molecule has 0 spiro atoms. The summed E-state index contributed by atoms with van der Waals surface area (Å²) in [5.41, 5.74) is 1.00. The molecule has 2 rings (SSSR count). The van der Waals surface area contributed by atoms with Crippen LogP contribution in [-0.2, 0) is 0 Å². The second kappa shape index (κ2) is 6.21. The molecule has 106 valence electrons. The van der Waals surface area contributed by atoms with E-state index in [4.69, 9.17) is 14.2 Å². The van der Waals surface area contributed by atoms with Gasteiger partial charge in [0.15, 0.2) is 0 Å². The SMILES string of the molecule is COc1ccc(C(O)c2ncc(OC)nc2OC)cc1. The molecular formula is C14H16N2O4. The van der Waals surface area contributed by atoms with Crippen molar-refractivity contribution in [2.75, 3.05) is 21.3 Å². The van der Waals surface area contributed by atoms with Crippen molar-refractivity contribution >= 4 is 0 Å². The van der Waals surface area contributed by atoms with Crippen LogP contribution in [0.4, 0.5) is 0 Å². The molecule has 0 saturated carbocycles. The fraction of sp³-hybridized carbons (Fsp3) is 0.286. The summed E-state index contributed by atoms with van der Waals surface area (Å²) < 4.78 is 15.2. The van der Waals surface area contributed by atoms with Crippen molar-refractivity contribution in [3.8, 4) is 17.5 Å². The lowest BCUT2D eigenvalue weighted by molar-refractivity contribution is 0.206. The zero-order valence-corrected chi connectivity index (χ0v) is 11.5. The van der Waals surface area contributed by atoms with E-state index in [0.29, 0.717) is 22.9 Å². The van der Waals surface area contributed by atoms with E-state index in [2.05, 4.69) is 9.97 Å². The Morgan fingerprint density at radius 2 is 1.70 bits per heavy atom. The molecule has 0 aliphatic carbocycles. The predicted octanol–water partition coefficient (Wildman–Crippen LogP) is 1.58. The summed E-state index contributed by atoms with van der Waals surface area (Å²) in [5.74, 6) is 1.27. The first kappa shape index (κ1) is 14.1. The van der Waals surface area contributed by atoms with Crippen LogP contribution in [0.25, 0.3) is 0 Å². The molecule has 1 atom stereocenters. The van der Waals surface area contributed by atoms with E-state index in [1.807, 2.05) is 0 Å². The average Bonchev–Trinajstić information content (AvgIpc) is 2.53. The third kappa shape index (κ3) is 2.80. The molecule has 0 radical (unpaired) electrons. The second-order valence-electron chi connectivity index (χ2n) is 3.98. The molecule has 6 nitrogen and oxygen atoms in total. The van der Waals surface area contributed by atoms with Crippen molar-refractivity contribution in [3.05, 3.63) is 41.7 Å². The first-order valence-corrected chi connectivity index (χ1v) is 5.96. The molecule has 1 aromatic carbocycles. The van der Waals surface area contributed by atoms with Crippen molar-refractivity contribution in [1.82, 2.24) is 9.97 Å². The van der Waals surface area contributed by atoms with E-state index in [0.717, 1.165) is 0 Å². The maximum Gasteiger partial charge on any atom is 0.241 e. The van der Waals surface area contributed by atoms with Crippen LogP contribution in [0.3, 0.4) is 0 Å². The minimum Gasteiger partial charge on any atom is -0.497 e. The fourth-order valence-corrected chi connectivity index (χ4v) is 1.75. The summed E-state index contributed by atoms with van der Waals surface area (Å²) in [6, 6.07) is 7.05. The van der Waals surface area contributed by atoms with Gasteiger partial charge in [-0.2, -0.15) is 4.98 Å². The number of hydrogen-bond acceptors (Lipinski definition) is 6. The Hall–Kier alpha value is -2.34. The molecule has 1 unspecified atom stereocenters. The lowest BCUT2D eigenvalue weighted by Crippen LogP contribution is -2.07. The maximum atomic E-state index is 10.4. The summed E-state index contributed by atoms with van der Waals surface area (Å²) in [5, 5.41) is 10.4. The minimum absolute atomic E-state index is 0.229. The minimum atomic E-state index is -0.936. The molecule has 1 N–H and O–H groups in total. The van der Waals surface area contributed by atoms with Crippen molar-refractivity contribution in [2.45, 2.75) is 6.10 Å². The van der Waals surface area contributed by atoms with Crippen LogP contribution >= 0.6 is 0 Å². The summed E-state index contributed by atoms with van der Waals surface area (Å²) in [6.45, 7) is 0. The number of benzene rings is 1. The van der Waals surface area contributed by atoms with Gasteiger partial charge in [0.1, 0.15) is 17.5 Å². The lowest BCUT2D eigenvalue weighted by Gasteiger charge is -2.14. The number of ether oxygens (including phenoxy) is 3. The Morgan fingerprint density at radius 1 is 1.00 bits per heavy atom. The van der Waals surface area contributed by atoms with Crippen molar-refractivity contribution < 1.29 is 19.3 Å². The molecule has 2 aromatic rings. The van der Waals surface area contributed by atoms with Crippen LogP contribution in [0.2, 0.25) is 0 Å². The van der Waals surface area contributed by atoms with Gasteiger partial charge in [-0.1, -0.05) is 12.1 Å². The normalized spacial score (nSPS) is 11.8. The third-order valence-corrected chi connectivity index (χ3v) is 2.84. The van der Waals surface area contributed by atoms with E-state index >= 15 is 0 Å². The van der Waals surface area contributed by atoms with E-state index in [1.165, 1.54) is 20.4 Å². The Kier molecular flexibility index (Phi) is 4.37. The summed E-state index contributed by atoms with van der Waals surface area (Å²) in [6.07, 6.45) is 0.499. The van der Waals surface area contributed by atoms with Crippen molar-refractivity contribution in [1.29, 1.82) is 0 Å². The Labute approximate surface area is 117 Å². The number of aliphatic hydroxyl groups is 1. The van der Waals surface area contributed by atoms with E-state index < -0.39 is 6.10 Å². The predicted molar refractivity (Wildman–Crippen MR) is 72.2 cm³/mol. The highest BCUT2D eigenvalue weighted by molar-refractivity contribution is 5.35. The van der Waals surface area contributed by atoms with Crippen LogP contribution < -0.4 is 14.2 Å². The molecule has 6 heteroatoms. The van der Waals surface area contributed by atoms with Crippen molar-refractivity contribution in [2.24, 2.45) is 0 Å². The highest BCUT2D eigenvalue weighted by atomic mass is 16.5. The number of hydrogen-bond donors (Lipinski definition) is 1. The number of rotatable bonds is 5. The molecular weight excluding hydrogens is 260 g/mol. The Morgan fingerprint density at radius 3 is 2.25 bits per heavy atom. The topological polar surface area (TPSA) is 73.7 Å². The first-order valence-electron chi connectivity index (χ1n) is 5.96. The zero-order valence-electron chi connectivity index (χ0n) is 11.5. The third-order valence-electron chi connectivity index (χ3n) is 2.84. The highest BCUT2D eigenvalue weighted by Crippen LogP contribution is 2.28. The van der Waals surface area contributed by atoms with E-state index in [9.17, 15) is 5.11 Å². The molecule has 20 heavy (non-hydrogen) atoms. The van der Waals surface area contributed by atoms with Gasteiger partial charge in [-0.15, -0.1) is 0 Å². The van der Waals surface area contributed by atoms with E-state index in [-0.39, 0.29) is 5.88 Å². The molecule has 0 aliphatic heterocycles. The monoisotopic (exact) mass is 276 g/mol. The van der Waals surface area contributed by atoms with E-state index in [1.54, 1.807) is 31.4 Å². The van der Waals surface area contributed by atoms with Gasteiger partial charge in [-0.05, 0) is 17.7 Å². The Bertz CT molecular complexity index is 572. The molecule has 0 fully saturated rings. The largest absolute Gasteiger partial charge is 0.497 e. The summed E-state index contributed by atoms with van der Waals surface area (Å²) in [7, 11) is 4.54. The molecule has 1 aromatic heterocycles. The molecule has 0 bridgehead atoms. The van der Waals surface area contributed by atoms with Gasteiger partial charge >= 0.3 is 0 Å². The standard InChI is InChI=1S/C14H16N2O4/c1-18-10-6-4-9(5-7-10)13(17)12-14(20-3)16-11(19-2)8-15-12/h4-8,13,17H,1-3H3. The molecule has 0 aliphatic rings. The number of methoxy groups -OCH3 is 3. The highest BCUT2D eigenvalue weighted by Gasteiger charge is 2.19. The van der Waals surface area contributed by atoms with Gasteiger partial charge in [-0.3, -0.25) is 0 Å². The van der Waals surface area contributed by atoms with Crippen LogP contribution in [-0.4, -0.2) is 36.4 Å². The average molecular weight is 276 g/mol. The molecule has 0 saturated heterocycles. The number of aromatic nitrogens is 2. The Balaban J connectivity index is 2.33. The van der Waals surface area contributed by atoms with Crippen molar-refractivity contribution in [3.63, 3.8) is 0 Å². The lowest BCUT2D eigenvalue weighted by atomic mass is 10.1. The first-order chi connectivity index (χ1) is 9.69. The van der Waals surface area contributed by atoms with Crippen LogP contribution in [0, 0.1) is 0 Å². The molecule has 0 amide bonds. The van der Waals surface area contributed by atoms with Gasteiger partial charge in [0, 0.05) is 0 Å². The van der Waals surface area contributed by atoms with Gasteiger partial charge < -0.3 is 19.3 Å².